The standard InChI is InChI=1S/C34H44O2Si2/c1-9-29-17-21-31(22-18-29)33(35-37(11-3,12-4)13-5)25-27-34(28-26-33,36-38(14-6,15-7)16-8)32-23-19-30(10-2)20-24-32/h1-2,17-28H,11-16H2,3-8H3. The van der Waals surface area contributed by atoms with Gasteiger partial charge < -0.3 is 8.85 Å². The number of rotatable bonds is 12. The molecule has 0 saturated carbocycles. The zero-order chi connectivity index (χ0) is 27.9. The van der Waals surface area contributed by atoms with Gasteiger partial charge in [0.05, 0.1) is 0 Å². The molecule has 0 aliphatic heterocycles. The topological polar surface area (TPSA) is 18.5 Å². The number of terminal acetylenes is 2. The van der Waals surface area contributed by atoms with Gasteiger partial charge in [-0.05, 0) is 96.0 Å². The van der Waals surface area contributed by atoms with Crippen LogP contribution in [0.5, 0.6) is 0 Å². The van der Waals surface area contributed by atoms with Gasteiger partial charge in [-0.3, -0.25) is 0 Å². The quantitative estimate of drug-likeness (QED) is 0.152. The Hall–Kier alpha value is -2.61. The molecule has 0 atom stereocenters. The van der Waals surface area contributed by atoms with Crippen LogP contribution in [0.4, 0.5) is 0 Å². The summed E-state index contributed by atoms with van der Waals surface area (Å²) in [5, 5.41) is 0. The maximum atomic E-state index is 7.29. The third kappa shape index (κ3) is 5.85. The van der Waals surface area contributed by atoms with Crippen LogP contribution < -0.4 is 0 Å². The van der Waals surface area contributed by atoms with Crippen molar-refractivity contribution in [1.29, 1.82) is 0 Å². The Morgan fingerprint density at radius 3 is 1.00 bits per heavy atom. The zero-order valence-electron chi connectivity index (χ0n) is 24.1. The summed E-state index contributed by atoms with van der Waals surface area (Å²) in [6, 6.07) is 22.9. The van der Waals surface area contributed by atoms with Gasteiger partial charge in [0.2, 0.25) is 0 Å². The molecular formula is C34H44O2Si2. The van der Waals surface area contributed by atoms with Crippen LogP contribution in [-0.2, 0) is 20.1 Å². The summed E-state index contributed by atoms with van der Waals surface area (Å²) in [5.74, 6) is 5.49. The van der Waals surface area contributed by atoms with E-state index in [1.807, 2.05) is 24.3 Å². The number of benzene rings is 2. The summed E-state index contributed by atoms with van der Waals surface area (Å²) in [6.07, 6.45) is 20.3. The van der Waals surface area contributed by atoms with E-state index in [1.54, 1.807) is 0 Å². The molecule has 0 amide bonds. The van der Waals surface area contributed by atoms with E-state index < -0.39 is 27.8 Å². The SMILES string of the molecule is C#Cc1ccc(C2(O[Si](CC)(CC)CC)C=CC(O[Si](CC)(CC)CC)(c3ccc(C#C)cc3)C=C2)cc1. The van der Waals surface area contributed by atoms with Crippen molar-refractivity contribution in [1.82, 2.24) is 0 Å². The highest BCUT2D eigenvalue weighted by atomic mass is 28.4. The second kappa shape index (κ2) is 12.5. The lowest BCUT2D eigenvalue weighted by Gasteiger charge is -2.45. The third-order valence-electron chi connectivity index (χ3n) is 8.80. The van der Waals surface area contributed by atoms with E-state index in [-0.39, 0.29) is 0 Å². The highest BCUT2D eigenvalue weighted by Crippen LogP contribution is 2.45. The molecule has 3 rings (SSSR count). The Kier molecular flexibility index (Phi) is 9.85. The first-order valence-electron chi connectivity index (χ1n) is 14.2. The molecule has 2 nitrogen and oxygen atoms in total. The summed E-state index contributed by atoms with van der Waals surface area (Å²) < 4.78 is 14.6. The van der Waals surface area contributed by atoms with Crippen LogP contribution in [-0.4, -0.2) is 16.6 Å². The Balaban J connectivity index is 2.21. The van der Waals surface area contributed by atoms with Crippen LogP contribution >= 0.6 is 0 Å². The molecule has 0 aromatic heterocycles. The fraction of sp³-hybridized carbons (Fsp3) is 0.412. The molecule has 200 valence electrons. The lowest BCUT2D eigenvalue weighted by Crippen LogP contribution is -2.48. The Morgan fingerprint density at radius 2 is 0.789 bits per heavy atom. The van der Waals surface area contributed by atoms with Crippen LogP contribution in [0.2, 0.25) is 36.3 Å². The van der Waals surface area contributed by atoms with E-state index in [2.05, 4.69) is 102 Å². The molecule has 0 heterocycles. The minimum atomic E-state index is -1.98. The first-order valence-corrected chi connectivity index (χ1v) is 19.3. The average Bonchev–Trinajstić information content (AvgIpc) is 3.00. The molecule has 0 saturated heterocycles. The van der Waals surface area contributed by atoms with Crippen molar-refractivity contribution in [2.45, 2.75) is 89.0 Å². The van der Waals surface area contributed by atoms with Crippen molar-refractivity contribution in [3.63, 3.8) is 0 Å². The van der Waals surface area contributed by atoms with Crippen LogP contribution in [0, 0.1) is 24.7 Å². The van der Waals surface area contributed by atoms with E-state index in [0.717, 1.165) is 58.5 Å². The molecule has 4 heteroatoms. The van der Waals surface area contributed by atoms with Crippen LogP contribution in [0.3, 0.4) is 0 Å². The van der Waals surface area contributed by atoms with Crippen molar-refractivity contribution in [2.24, 2.45) is 0 Å². The molecule has 0 N–H and O–H groups in total. The fourth-order valence-electron chi connectivity index (χ4n) is 5.55. The summed E-state index contributed by atoms with van der Waals surface area (Å²) in [7, 11) is -3.97. The zero-order valence-corrected chi connectivity index (χ0v) is 26.1. The van der Waals surface area contributed by atoms with E-state index in [9.17, 15) is 0 Å². The Morgan fingerprint density at radius 1 is 0.526 bits per heavy atom. The molecular weight excluding hydrogens is 497 g/mol. The lowest BCUT2D eigenvalue weighted by atomic mass is 9.81. The minimum Gasteiger partial charge on any atom is -0.401 e. The first kappa shape index (κ1) is 29.9. The summed E-state index contributed by atoms with van der Waals surface area (Å²) in [5.41, 5.74) is 2.60. The van der Waals surface area contributed by atoms with Crippen molar-refractivity contribution >= 4 is 16.6 Å². The van der Waals surface area contributed by atoms with Gasteiger partial charge >= 0.3 is 0 Å². The summed E-state index contributed by atoms with van der Waals surface area (Å²) >= 11 is 0. The molecule has 1 aliphatic rings. The highest BCUT2D eigenvalue weighted by Gasteiger charge is 2.45. The van der Waals surface area contributed by atoms with E-state index in [4.69, 9.17) is 21.7 Å². The van der Waals surface area contributed by atoms with Gasteiger partial charge in [0, 0.05) is 11.1 Å². The maximum absolute atomic E-state index is 7.29. The van der Waals surface area contributed by atoms with Crippen molar-refractivity contribution in [2.75, 3.05) is 0 Å². The van der Waals surface area contributed by atoms with Gasteiger partial charge in [-0.2, -0.15) is 0 Å². The lowest BCUT2D eigenvalue weighted by molar-refractivity contribution is 0.121. The maximum Gasteiger partial charge on any atom is 0.194 e. The average molecular weight is 541 g/mol. The van der Waals surface area contributed by atoms with Crippen LogP contribution in [0.1, 0.15) is 63.8 Å². The monoisotopic (exact) mass is 540 g/mol. The smallest absolute Gasteiger partial charge is 0.194 e. The predicted octanol–water partition coefficient (Wildman–Crippen LogP) is 8.91. The highest BCUT2D eigenvalue weighted by molar-refractivity contribution is 6.74. The molecule has 0 fully saturated rings. The van der Waals surface area contributed by atoms with Gasteiger partial charge in [-0.1, -0.05) is 77.6 Å². The Labute approximate surface area is 233 Å². The van der Waals surface area contributed by atoms with Gasteiger partial charge in [0.25, 0.3) is 0 Å². The number of hydrogen-bond donors (Lipinski definition) is 0. The van der Waals surface area contributed by atoms with Gasteiger partial charge in [0.15, 0.2) is 16.6 Å². The van der Waals surface area contributed by atoms with Crippen molar-refractivity contribution in [3.8, 4) is 24.7 Å². The third-order valence-corrected chi connectivity index (χ3v) is 18.1. The van der Waals surface area contributed by atoms with Crippen LogP contribution in [0.25, 0.3) is 0 Å². The molecule has 0 unspecified atom stereocenters. The van der Waals surface area contributed by atoms with E-state index in [0.29, 0.717) is 0 Å². The summed E-state index contributed by atoms with van der Waals surface area (Å²) in [6.45, 7) is 13.6. The fourth-order valence-corrected chi connectivity index (χ4v) is 11.4. The molecule has 2 aromatic carbocycles. The van der Waals surface area contributed by atoms with Crippen LogP contribution in [0.15, 0.2) is 72.8 Å². The van der Waals surface area contributed by atoms with Crippen molar-refractivity contribution in [3.05, 3.63) is 95.1 Å². The van der Waals surface area contributed by atoms with E-state index in [1.165, 1.54) is 0 Å². The molecule has 0 radical (unpaired) electrons. The van der Waals surface area contributed by atoms with Crippen molar-refractivity contribution < 1.29 is 8.85 Å². The molecule has 38 heavy (non-hydrogen) atoms. The normalized spacial score (nSPS) is 21.2. The predicted molar refractivity (Wildman–Crippen MR) is 167 cm³/mol. The second-order valence-electron chi connectivity index (χ2n) is 10.4. The molecule has 0 spiro atoms. The van der Waals surface area contributed by atoms with Gasteiger partial charge in [-0.25, -0.2) is 0 Å². The largest absolute Gasteiger partial charge is 0.401 e. The minimum absolute atomic E-state index is 0.665. The van der Waals surface area contributed by atoms with E-state index >= 15 is 0 Å². The molecule has 2 aromatic rings. The second-order valence-corrected chi connectivity index (χ2v) is 19.8. The molecule has 1 aliphatic carbocycles. The molecule has 0 bridgehead atoms. The van der Waals surface area contributed by atoms with Gasteiger partial charge in [0.1, 0.15) is 11.2 Å². The Bertz CT molecular complexity index is 1080. The number of hydrogen-bond acceptors (Lipinski definition) is 2. The van der Waals surface area contributed by atoms with Gasteiger partial charge in [-0.15, -0.1) is 12.8 Å². The summed E-state index contributed by atoms with van der Waals surface area (Å²) in [4.78, 5) is 0. The first-order chi connectivity index (χ1) is 18.3.